The summed E-state index contributed by atoms with van der Waals surface area (Å²) in [6.45, 7) is 0. The van der Waals surface area contributed by atoms with Crippen molar-refractivity contribution in [3.05, 3.63) is 62.6 Å². The molecule has 2 aromatic rings. The topological polar surface area (TPSA) is 24.8 Å². The van der Waals surface area contributed by atoms with Crippen LogP contribution in [0.15, 0.2) is 45.9 Å². The van der Waals surface area contributed by atoms with Crippen LogP contribution in [0.1, 0.15) is 16.7 Å². The number of rotatable bonds is 5. The van der Waals surface area contributed by atoms with Crippen LogP contribution in [0.5, 0.6) is 5.75 Å². The molecule has 0 aromatic heterocycles. The number of methoxy groups -OCH3 is 1. The highest BCUT2D eigenvalue weighted by molar-refractivity contribution is 9.10. The van der Waals surface area contributed by atoms with Crippen LogP contribution in [-0.4, -0.2) is 39.0 Å². The van der Waals surface area contributed by atoms with E-state index in [0.29, 0.717) is 0 Å². The largest absolute Gasteiger partial charge is 0.496 e. The number of hydrogen-bond donors (Lipinski definition) is 0. The van der Waals surface area contributed by atoms with Crippen molar-refractivity contribution in [3.63, 3.8) is 0 Å². The van der Waals surface area contributed by atoms with Gasteiger partial charge in [-0.1, -0.05) is 39.7 Å². The van der Waals surface area contributed by atoms with Crippen molar-refractivity contribution in [1.82, 2.24) is 4.90 Å². The van der Waals surface area contributed by atoms with Crippen LogP contribution >= 0.6 is 27.5 Å². The summed E-state index contributed by atoms with van der Waals surface area (Å²) in [4.78, 5) is 6.42. The molecule has 0 aliphatic rings. The van der Waals surface area contributed by atoms with E-state index >= 15 is 0 Å². The minimum atomic E-state index is 0.768. The molecule has 0 atom stereocenters. The zero-order valence-electron chi connectivity index (χ0n) is 14.4. The Morgan fingerprint density at radius 2 is 1.96 bits per heavy atom. The van der Waals surface area contributed by atoms with Gasteiger partial charge in [0.2, 0.25) is 0 Å². The first-order valence-electron chi connectivity index (χ1n) is 7.72. The van der Waals surface area contributed by atoms with Crippen molar-refractivity contribution in [2.24, 2.45) is 4.99 Å². The van der Waals surface area contributed by atoms with E-state index in [1.54, 1.807) is 14.2 Å². The van der Waals surface area contributed by atoms with Gasteiger partial charge >= 0.3 is 0 Å². The molecule has 0 saturated heterocycles. The van der Waals surface area contributed by atoms with Crippen molar-refractivity contribution in [3.8, 4) is 5.75 Å². The fraction of sp³-hybridized carbons (Fsp3) is 0.316. The second kappa shape index (κ2) is 8.54. The third-order valence-electron chi connectivity index (χ3n) is 3.88. The van der Waals surface area contributed by atoms with Gasteiger partial charge in [-0.2, -0.15) is 0 Å². The molecule has 0 N–H and O–H groups in total. The average molecular weight is 410 g/mol. The smallest absolute Gasteiger partial charge is 0.130 e. The molecule has 0 heterocycles. The first kappa shape index (κ1) is 18.8. The normalized spacial score (nSPS) is 11.5. The summed E-state index contributed by atoms with van der Waals surface area (Å²) < 4.78 is 6.51. The molecule has 0 spiro atoms. The maximum atomic E-state index is 6.49. The Morgan fingerprint density at radius 3 is 2.58 bits per heavy atom. The number of nitrogens with zero attached hydrogens (tertiary/aromatic N) is 2. The molecular weight excluding hydrogens is 388 g/mol. The molecule has 0 aliphatic heterocycles. The summed E-state index contributed by atoms with van der Waals surface area (Å²) in [5.41, 5.74) is 3.33. The van der Waals surface area contributed by atoms with Crippen molar-refractivity contribution < 1.29 is 4.74 Å². The Balaban J connectivity index is 2.36. The van der Waals surface area contributed by atoms with E-state index in [1.807, 2.05) is 43.3 Å². The van der Waals surface area contributed by atoms with Crippen LogP contribution < -0.4 is 4.74 Å². The van der Waals surface area contributed by atoms with Crippen molar-refractivity contribution in [2.45, 2.75) is 12.8 Å². The van der Waals surface area contributed by atoms with E-state index in [9.17, 15) is 0 Å². The molecule has 24 heavy (non-hydrogen) atoms. The van der Waals surface area contributed by atoms with Gasteiger partial charge in [-0.15, -0.1) is 0 Å². The van der Waals surface area contributed by atoms with Gasteiger partial charge in [0.15, 0.2) is 0 Å². The molecule has 2 rings (SSSR count). The van der Waals surface area contributed by atoms with E-state index in [4.69, 9.17) is 16.3 Å². The number of halogens is 2. The Morgan fingerprint density at radius 1 is 1.21 bits per heavy atom. The number of hydrogen-bond acceptors (Lipinski definition) is 2. The number of amidine groups is 1. The highest BCUT2D eigenvalue weighted by Gasteiger charge is 2.14. The Hall–Kier alpha value is -1.52. The van der Waals surface area contributed by atoms with Crippen LogP contribution in [0.2, 0.25) is 5.02 Å². The van der Waals surface area contributed by atoms with E-state index in [0.717, 1.165) is 50.6 Å². The molecule has 0 amide bonds. The SMILES string of the molecule is C/N=C(\c1cccc(Cl)c1CCc1cc(Br)ccc1OC)N(C)C. The second-order valence-electron chi connectivity index (χ2n) is 5.66. The van der Waals surface area contributed by atoms with Gasteiger partial charge in [0.25, 0.3) is 0 Å². The van der Waals surface area contributed by atoms with Gasteiger partial charge < -0.3 is 9.64 Å². The molecular formula is C19H22BrClN2O. The molecule has 2 aromatic carbocycles. The lowest BCUT2D eigenvalue weighted by Crippen LogP contribution is -2.24. The number of aliphatic imine (C=N–C) groups is 1. The molecule has 0 fully saturated rings. The van der Waals surface area contributed by atoms with Crippen LogP contribution in [-0.2, 0) is 12.8 Å². The molecule has 0 radical (unpaired) electrons. The first-order chi connectivity index (χ1) is 11.5. The highest BCUT2D eigenvalue weighted by Crippen LogP contribution is 2.27. The second-order valence-corrected chi connectivity index (χ2v) is 6.99. The lowest BCUT2D eigenvalue weighted by molar-refractivity contribution is 0.409. The van der Waals surface area contributed by atoms with E-state index in [2.05, 4.69) is 33.1 Å². The van der Waals surface area contributed by atoms with Crippen molar-refractivity contribution >= 4 is 33.4 Å². The lowest BCUT2D eigenvalue weighted by Gasteiger charge is -2.19. The summed E-state index contributed by atoms with van der Waals surface area (Å²) in [6.07, 6.45) is 1.65. The molecule has 128 valence electrons. The highest BCUT2D eigenvalue weighted by atomic mass is 79.9. The first-order valence-corrected chi connectivity index (χ1v) is 8.89. The third-order valence-corrected chi connectivity index (χ3v) is 4.73. The maximum absolute atomic E-state index is 6.49. The third kappa shape index (κ3) is 4.31. The molecule has 0 saturated carbocycles. The van der Waals surface area contributed by atoms with Gasteiger partial charge in [-0.3, -0.25) is 4.99 Å². The van der Waals surface area contributed by atoms with Crippen LogP contribution in [0, 0.1) is 0 Å². The summed E-state index contributed by atoms with van der Waals surface area (Å²) in [7, 11) is 7.48. The maximum Gasteiger partial charge on any atom is 0.130 e. The minimum Gasteiger partial charge on any atom is -0.496 e. The fourth-order valence-corrected chi connectivity index (χ4v) is 3.46. The fourth-order valence-electron chi connectivity index (χ4n) is 2.79. The standard InChI is InChI=1S/C19H22BrClN2O/c1-22-19(23(2)3)16-6-5-7-17(21)15(16)10-8-13-12-14(20)9-11-18(13)24-4/h5-7,9,11-12H,8,10H2,1-4H3/b22-19+. The van der Waals surface area contributed by atoms with Gasteiger partial charge in [0, 0.05) is 36.2 Å². The zero-order valence-corrected chi connectivity index (χ0v) is 16.8. The summed E-state index contributed by atoms with van der Waals surface area (Å²) >= 11 is 10.0. The summed E-state index contributed by atoms with van der Waals surface area (Å²) in [5, 5.41) is 0.768. The van der Waals surface area contributed by atoms with Gasteiger partial charge in [0.05, 0.1) is 7.11 Å². The van der Waals surface area contributed by atoms with E-state index in [-0.39, 0.29) is 0 Å². The molecule has 0 bridgehead atoms. The monoisotopic (exact) mass is 408 g/mol. The Labute approximate surface area is 157 Å². The predicted molar refractivity (Wildman–Crippen MR) is 106 cm³/mol. The number of ether oxygens (including phenoxy) is 1. The molecule has 3 nitrogen and oxygen atoms in total. The van der Waals surface area contributed by atoms with Gasteiger partial charge in [0.1, 0.15) is 11.6 Å². The van der Waals surface area contributed by atoms with Crippen LogP contribution in [0.3, 0.4) is 0 Å². The number of benzene rings is 2. The van der Waals surface area contributed by atoms with Gasteiger partial charge in [-0.05, 0) is 48.2 Å². The van der Waals surface area contributed by atoms with Gasteiger partial charge in [-0.25, -0.2) is 0 Å². The van der Waals surface area contributed by atoms with Crippen LogP contribution in [0.4, 0.5) is 0 Å². The summed E-state index contributed by atoms with van der Waals surface area (Å²) in [5.74, 6) is 1.82. The number of aryl methyl sites for hydroxylation is 1. The predicted octanol–water partition coefficient (Wildman–Crippen LogP) is 4.83. The lowest BCUT2D eigenvalue weighted by atomic mass is 9.98. The summed E-state index contributed by atoms with van der Waals surface area (Å²) in [6, 6.07) is 12.0. The van der Waals surface area contributed by atoms with Crippen molar-refractivity contribution in [2.75, 3.05) is 28.3 Å². The molecule has 0 unspecified atom stereocenters. The Bertz CT molecular complexity index is 744. The molecule has 5 heteroatoms. The zero-order chi connectivity index (χ0) is 17.7. The average Bonchev–Trinajstić information content (AvgIpc) is 2.54. The van der Waals surface area contributed by atoms with Crippen LogP contribution in [0.25, 0.3) is 0 Å². The molecule has 0 aliphatic carbocycles. The van der Waals surface area contributed by atoms with E-state index in [1.165, 1.54) is 0 Å². The van der Waals surface area contributed by atoms with Crippen molar-refractivity contribution in [1.29, 1.82) is 0 Å². The quantitative estimate of drug-likeness (QED) is 0.522. The minimum absolute atomic E-state index is 0.768. The van der Waals surface area contributed by atoms with E-state index < -0.39 is 0 Å². The Kier molecular flexibility index (Phi) is 6.69.